The molecule has 1 N–H and O–H groups in total. The van der Waals surface area contributed by atoms with Crippen LogP contribution in [-0.2, 0) is 4.79 Å². The minimum absolute atomic E-state index is 0.000673. The first-order chi connectivity index (χ1) is 16.7. The van der Waals surface area contributed by atoms with E-state index in [1.54, 1.807) is 6.07 Å². The fraction of sp³-hybridized carbons (Fsp3) is 0.0417. The van der Waals surface area contributed by atoms with Crippen LogP contribution in [0.4, 0.5) is 15.8 Å². The monoisotopic (exact) mass is 495 g/mol. The summed E-state index contributed by atoms with van der Waals surface area (Å²) in [6, 6.07) is 14.5. The summed E-state index contributed by atoms with van der Waals surface area (Å²) in [6.07, 6.45) is 1.24. The van der Waals surface area contributed by atoms with E-state index in [-0.39, 0.29) is 39.0 Å². The summed E-state index contributed by atoms with van der Waals surface area (Å²) < 4.78 is 23.9. The quantitative estimate of drug-likeness (QED) is 0.119. The fourth-order valence-corrected chi connectivity index (χ4v) is 3.02. The van der Waals surface area contributed by atoms with Gasteiger partial charge in [-0.1, -0.05) is 23.7 Å². The van der Waals surface area contributed by atoms with Crippen molar-refractivity contribution in [1.29, 1.82) is 5.26 Å². The Kier molecular flexibility index (Phi) is 7.76. The second kappa shape index (κ2) is 10.9. The zero-order valence-electron chi connectivity index (χ0n) is 18.0. The largest absolute Gasteiger partial charge is 0.493 e. The molecule has 0 heterocycles. The molecule has 35 heavy (non-hydrogen) atoms. The van der Waals surface area contributed by atoms with E-state index < -0.39 is 22.6 Å². The number of nitrogens with zero attached hydrogens (tertiary/aromatic N) is 2. The zero-order chi connectivity index (χ0) is 25.5. The topological polar surface area (TPSA) is 132 Å². The van der Waals surface area contributed by atoms with Gasteiger partial charge in [0.1, 0.15) is 17.5 Å². The lowest BCUT2D eigenvalue weighted by molar-refractivity contribution is -0.384. The molecule has 0 radical (unpaired) electrons. The first kappa shape index (κ1) is 24.9. The third kappa shape index (κ3) is 6.19. The maximum Gasteiger partial charge on any atom is 0.343 e. The molecule has 11 heteroatoms. The predicted octanol–water partition coefficient (Wildman–Crippen LogP) is 5.16. The Morgan fingerprint density at radius 3 is 2.57 bits per heavy atom. The van der Waals surface area contributed by atoms with Gasteiger partial charge in [0.15, 0.2) is 11.5 Å². The molecule has 3 aromatic carbocycles. The third-order valence-electron chi connectivity index (χ3n) is 4.54. The molecule has 0 unspecified atom stereocenters. The van der Waals surface area contributed by atoms with E-state index in [4.69, 9.17) is 21.1 Å². The summed E-state index contributed by atoms with van der Waals surface area (Å²) >= 11 is 5.99. The first-order valence-corrected chi connectivity index (χ1v) is 10.1. The molecule has 3 rings (SSSR count). The summed E-state index contributed by atoms with van der Waals surface area (Å²) in [5.41, 5.74) is -0.313. The van der Waals surface area contributed by atoms with Crippen LogP contribution in [0.3, 0.4) is 0 Å². The Bertz CT molecular complexity index is 1400. The number of carbonyl (C=O) groups excluding carboxylic acids is 2. The number of carbonyl (C=O) groups is 2. The molecule has 3 aromatic rings. The number of amides is 1. The number of halogens is 2. The number of hydrogen-bond acceptors (Lipinski definition) is 7. The maximum absolute atomic E-state index is 13.4. The van der Waals surface area contributed by atoms with Gasteiger partial charge in [0.05, 0.1) is 28.3 Å². The molecule has 0 saturated carbocycles. The highest BCUT2D eigenvalue weighted by Gasteiger charge is 2.17. The van der Waals surface area contributed by atoms with Crippen molar-refractivity contribution in [3.63, 3.8) is 0 Å². The number of esters is 1. The number of nitro benzene ring substituents is 1. The summed E-state index contributed by atoms with van der Waals surface area (Å²) in [5, 5.41) is 22.8. The summed E-state index contributed by atoms with van der Waals surface area (Å²) in [6.45, 7) is 0. The van der Waals surface area contributed by atoms with Gasteiger partial charge in [-0.25, -0.2) is 9.18 Å². The lowest BCUT2D eigenvalue weighted by atomic mass is 10.1. The molecule has 0 aliphatic heterocycles. The standard InChI is InChI=1S/C24H15ClFN3O6/c1-34-22-10-14(5-8-21(22)35-24(31)15-3-2-4-17(26)11-15)9-16(13-27)23(30)28-20-12-18(29(32)33)6-7-19(20)25/h2-12H,1H3,(H,28,30)/b16-9+. The van der Waals surface area contributed by atoms with Crippen molar-refractivity contribution < 1.29 is 28.4 Å². The molecule has 0 aliphatic rings. The summed E-state index contributed by atoms with van der Waals surface area (Å²) in [4.78, 5) is 35.2. The second-order valence-corrected chi connectivity index (χ2v) is 7.26. The van der Waals surface area contributed by atoms with Crippen LogP contribution in [0.1, 0.15) is 15.9 Å². The van der Waals surface area contributed by atoms with Gasteiger partial charge in [0.25, 0.3) is 11.6 Å². The molecule has 0 aromatic heterocycles. The van der Waals surface area contributed by atoms with Crippen LogP contribution in [-0.4, -0.2) is 23.9 Å². The fourth-order valence-electron chi connectivity index (χ4n) is 2.86. The number of hydrogen-bond donors (Lipinski definition) is 1. The highest BCUT2D eigenvalue weighted by molar-refractivity contribution is 6.34. The molecule has 9 nitrogen and oxygen atoms in total. The molecular weight excluding hydrogens is 481 g/mol. The number of nitrogens with one attached hydrogen (secondary N) is 1. The van der Waals surface area contributed by atoms with Gasteiger partial charge in [0.2, 0.25) is 0 Å². The van der Waals surface area contributed by atoms with Gasteiger partial charge in [-0.2, -0.15) is 5.26 Å². The Hall–Kier alpha value is -4.75. The average Bonchev–Trinajstić information content (AvgIpc) is 2.84. The second-order valence-electron chi connectivity index (χ2n) is 6.86. The van der Waals surface area contributed by atoms with Crippen molar-refractivity contribution in [3.8, 4) is 17.6 Å². The Morgan fingerprint density at radius 1 is 1.14 bits per heavy atom. The van der Waals surface area contributed by atoms with Crippen LogP contribution < -0.4 is 14.8 Å². The van der Waals surface area contributed by atoms with Gasteiger partial charge < -0.3 is 14.8 Å². The highest BCUT2D eigenvalue weighted by Crippen LogP contribution is 2.30. The van der Waals surface area contributed by atoms with Crippen molar-refractivity contribution >= 4 is 40.9 Å². The number of rotatable bonds is 7. The Balaban J connectivity index is 1.83. The molecule has 0 atom stereocenters. The SMILES string of the molecule is COc1cc(/C=C(\C#N)C(=O)Nc2cc([N+](=O)[O-])ccc2Cl)ccc1OC(=O)c1cccc(F)c1. The molecule has 0 spiro atoms. The van der Waals surface area contributed by atoms with Crippen LogP contribution in [0, 0.1) is 27.3 Å². The minimum atomic E-state index is -0.851. The first-order valence-electron chi connectivity index (χ1n) is 9.74. The van der Waals surface area contributed by atoms with Crippen LogP contribution in [0.2, 0.25) is 5.02 Å². The minimum Gasteiger partial charge on any atom is -0.493 e. The number of benzene rings is 3. The molecule has 0 bridgehead atoms. The molecule has 176 valence electrons. The van der Waals surface area contributed by atoms with E-state index >= 15 is 0 Å². The van der Waals surface area contributed by atoms with Crippen molar-refractivity contribution in [2.75, 3.05) is 12.4 Å². The van der Waals surface area contributed by atoms with Crippen molar-refractivity contribution in [1.82, 2.24) is 0 Å². The predicted molar refractivity (Wildman–Crippen MR) is 125 cm³/mol. The number of nitro groups is 1. The van der Waals surface area contributed by atoms with Crippen LogP contribution >= 0.6 is 11.6 Å². The van der Waals surface area contributed by atoms with Gasteiger partial charge >= 0.3 is 5.97 Å². The number of anilines is 1. The Labute approximate surface area is 203 Å². The maximum atomic E-state index is 13.4. The lowest BCUT2D eigenvalue weighted by Gasteiger charge is -2.10. The van der Waals surface area contributed by atoms with Gasteiger partial charge in [-0.3, -0.25) is 14.9 Å². The van der Waals surface area contributed by atoms with E-state index in [9.17, 15) is 29.4 Å². The highest BCUT2D eigenvalue weighted by atomic mass is 35.5. The van der Waals surface area contributed by atoms with Crippen molar-refractivity contribution in [2.45, 2.75) is 0 Å². The van der Waals surface area contributed by atoms with E-state index in [0.717, 1.165) is 12.1 Å². The Morgan fingerprint density at radius 2 is 1.91 bits per heavy atom. The molecule has 0 aliphatic carbocycles. The number of methoxy groups -OCH3 is 1. The van der Waals surface area contributed by atoms with Gasteiger partial charge in [-0.05, 0) is 48.0 Å². The van der Waals surface area contributed by atoms with Gasteiger partial charge in [0, 0.05) is 12.1 Å². The van der Waals surface area contributed by atoms with E-state index in [1.807, 2.05) is 0 Å². The van der Waals surface area contributed by atoms with E-state index in [0.29, 0.717) is 5.56 Å². The molecule has 0 saturated heterocycles. The van der Waals surface area contributed by atoms with Crippen LogP contribution in [0.5, 0.6) is 11.5 Å². The van der Waals surface area contributed by atoms with Gasteiger partial charge in [-0.15, -0.1) is 0 Å². The van der Waals surface area contributed by atoms with Crippen LogP contribution in [0.25, 0.3) is 6.08 Å². The number of non-ortho nitro benzene ring substituents is 1. The number of ether oxygens (including phenoxy) is 2. The molecule has 1 amide bonds. The normalized spacial score (nSPS) is 10.7. The van der Waals surface area contributed by atoms with E-state index in [2.05, 4.69) is 5.32 Å². The lowest BCUT2D eigenvalue weighted by Crippen LogP contribution is -2.14. The average molecular weight is 496 g/mol. The number of nitriles is 1. The molecule has 0 fully saturated rings. The third-order valence-corrected chi connectivity index (χ3v) is 4.87. The molecular formula is C24H15ClFN3O6. The smallest absolute Gasteiger partial charge is 0.343 e. The summed E-state index contributed by atoms with van der Waals surface area (Å²) in [7, 11) is 1.32. The van der Waals surface area contributed by atoms with E-state index in [1.165, 1.54) is 61.7 Å². The van der Waals surface area contributed by atoms with Crippen LogP contribution in [0.15, 0.2) is 66.2 Å². The summed E-state index contributed by atoms with van der Waals surface area (Å²) in [5.74, 6) is -2.11. The van der Waals surface area contributed by atoms with Crippen molar-refractivity contribution in [3.05, 3.63) is 98.3 Å². The van der Waals surface area contributed by atoms with Crippen molar-refractivity contribution in [2.24, 2.45) is 0 Å². The zero-order valence-corrected chi connectivity index (χ0v) is 18.7.